The number of carbonyl (C=O) groups is 2. The molecular weight excluding hydrogens is 584 g/mol. The number of pyridine rings is 2. The van der Waals surface area contributed by atoms with Crippen LogP contribution in [0.3, 0.4) is 0 Å². The molecule has 0 saturated carbocycles. The van der Waals surface area contributed by atoms with E-state index >= 15 is 0 Å². The number of hydrogen-bond donors (Lipinski definition) is 2. The molecule has 10 nitrogen and oxygen atoms in total. The highest BCUT2D eigenvalue weighted by atomic mass is 19.4. The van der Waals surface area contributed by atoms with E-state index in [2.05, 4.69) is 25.9 Å². The smallest absolute Gasteiger partial charge is 0.346 e. The molecule has 0 spiro atoms. The Morgan fingerprint density at radius 2 is 1.81 bits per heavy atom. The Kier molecular flexibility index (Phi) is 9.57. The van der Waals surface area contributed by atoms with E-state index < -0.39 is 52.7 Å². The van der Waals surface area contributed by atoms with E-state index in [4.69, 9.17) is 0 Å². The average molecular weight is 608 g/mol. The minimum atomic E-state index is -4.59. The Hall–Kier alpha value is -5.02. The van der Waals surface area contributed by atoms with Crippen molar-refractivity contribution in [3.8, 4) is 0 Å². The molecule has 43 heavy (non-hydrogen) atoms. The van der Waals surface area contributed by atoms with Gasteiger partial charge in [0.2, 0.25) is 11.7 Å². The highest BCUT2D eigenvalue weighted by molar-refractivity contribution is 5.92. The van der Waals surface area contributed by atoms with Gasteiger partial charge in [-0.25, -0.2) is 13.5 Å². The van der Waals surface area contributed by atoms with E-state index in [0.29, 0.717) is 5.56 Å². The van der Waals surface area contributed by atoms with Crippen molar-refractivity contribution in [2.75, 3.05) is 5.32 Å². The molecule has 2 N–H and O–H groups in total. The molecule has 3 heterocycles. The number of alkyl halides is 4. The van der Waals surface area contributed by atoms with Crippen LogP contribution in [-0.2, 0) is 37.0 Å². The van der Waals surface area contributed by atoms with Gasteiger partial charge in [0, 0.05) is 25.5 Å². The number of hydrogen-bond acceptors (Lipinski definition) is 6. The number of carbonyl (C=O) groups excluding carboxylic acids is 2. The average Bonchev–Trinajstić information content (AvgIpc) is 3.43. The Bertz CT molecular complexity index is 1650. The quantitative estimate of drug-likeness (QED) is 0.251. The molecule has 0 bridgehead atoms. The first-order valence-electron chi connectivity index (χ1n) is 12.7. The van der Waals surface area contributed by atoms with Crippen LogP contribution in [0.5, 0.6) is 0 Å². The van der Waals surface area contributed by atoms with Crippen LogP contribution in [0.1, 0.15) is 33.7 Å². The highest BCUT2D eigenvalue weighted by Crippen LogP contribution is 2.27. The Morgan fingerprint density at radius 3 is 2.51 bits per heavy atom. The van der Waals surface area contributed by atoms with Crippen LogP contribution in [0.25, 0.3) is 0 Å². The molecule has 4 rings (SSSR count). The molecule has 226 valence electrons. The molecule has 0 fully saturated rings. The van der Waals surface area contributed by atoms with E-state index in [-0.39, 0.29) is 43.7 Å². The second kappa shape index (κ2) is 13.3. The van der Waals surface area contributed by atoms with E-state index in [0.717, 1.165) is 39.8 Å². The molecule has 2 amide bonds. The van der Waals surface area contributed by atoms with E-state index in [1.54, 1.807) is 6.07 Å². The Morgan fingerprint density at radius 1 is 1.05 bits per heavy atom. The number of aromatic nitrogens is 5. The van der Waals surface area contributed by atoms with Gasteiger partial charge in [0.25, 0.3) is 11.5 Å². The summed E-state index contributed by atoms with van der Waals surface area (Å²) in [5, 5.41) is 12.0. The molecule has 0 saturated heterocycles. The fourth-order valence-electron chi connectivity index (χ4n) is 3.86. The van der Waals surface area contributed by atoms with Gasteiger partial charge < -0.3 is 15.2 Å². The lowest BCUT2D eigenvalue weighted by molar-refractivity contribution is -0.141. The molecule has 1 aromatic carbocycles. The predicted octanol–water partition coefficient (Wildman–Crippen LogP) is 3.67. The maximum Gasteiger partial charge on any atom is 0.433 e. The third kappa shape index (κ3) is 8.27. The third-order valence-corrected chi connectivity index (χ3v) is 6.10. The van der Waals surface area contributed by atoms with Crippen LogP contribution in [0.15, 0.2) is 65.8 Å². The second-order valence-electron chi connectivity index (χ2n) is 9.30. The molecular formula is C27H23F6N7O3. The van der Waals surface area contributed by atoms with Gasteiger partial charge in [-0.15, -0.1) is 5.10 Å². The summed E-state index contributed by atoms with van der Waals surface area (Å²) in [6, 6.07) is 8.65. The summed E-state index contributed by atoms with van der Waals surface area (Å²) in [6.45, 7) is -0.698. The number of halogens is 6. The number of anilines is 1. The normalized spacial score (nSPS) is 12.1. The van der Waals surface area contributed by atoms with Crippen LogP contribution >= 0.6 is 0 Å². The predicted molar refractivity (Wildman–Crippen MR) is 139 cm³/mol. The molecule has 0 radical (unpaired) electrons. The summed E-state index contributed by atoms with van der Waals surface area (Å²) >= 11 is 0. The molecule has 0 aliphatic carbocycles. The molecule has 16 heteroatoms. The number of nitrogens with zero attached hydrogens (tertiary/aromatic N) is 5. The maximum atomic E-state index is 14.6. The van der Waals surface area contributed by atoms with Crippen LogP contribution in [0.2, 0.25) is 0 Å². The number of benzene rings is 1. The van der Waals surface area contributed by atoms with Crippen LogP contribution in [0.4, 0.5) is 32.0 Å². The minimum absolute atomic E-state index is 0.0959. The van der Waals surface area contributed by atoms with Crippen molar-refractivity contribution < 1.29 is 35.9 Å². The summed E-state index contributed by atoms with van der Waals surface area (Å²) in [7, 11) is 0. The molecule has 1 atom stereocenters. The number of aryl methyl sites for hydroxylation is 1. The van der Waals surface area contributed by atoms with Crippen molar-refractivity contribution in [1.82, 2.24) is 29.9 Å². The molecule has 3 aromatic heterocycles. The molecule has 4 aromatic rings. The fourth-order valence-corrected chi connectivity index (χ4v) is 3.86. The largest absolute Gasteiger partial charge is 0.433 e. The molecule has 0 aliphatic heterocycles. The van der Waals surface area contributed by atoms with Gasteiger partial charge >= 0.3 is 6.18 Å². The zero-order chi connectivity index (χ0) is 31.1. The summed E-state index contributed by atoms with van der Waals surface area (Å²) in [5.41, 5.74) is -2.33. The van der Waals surface area contributed by atoms with Gasteiger partial charge in [0.15, 0.2) is 5.69 Å². The minimum Gasteiger partial charge on any atom is -0.346 e. The zero-order valence-corrected chi connectivity index (χ0v) is 22.1. The van der Waals surface area contributed by atoms with Crippen molar-refractivity contribution >= 4 is 17.5 Å². The van der Waals surface area contributed by atoms with Crippen LogP contribution in [0, 0.1) is 11.6 Å². The SMILES string of the molecule is O=C(Cc1ccccc1F)Nc1ccn(CCC(F)Cn2cc(C(=O)NCc3ccc(C(F)(F)F)nc3)nn2)c(=O)c1F. The second-order valence-corrected chi connectivity index (χ2v) is 9.30. The van der Waals surface area contributed by atoms with Crippen molar-refractivity contribution in [3.63, 3.8) is 0 Å². The van der Waals surface area contributed by atoms with Crippen molar-refractivity contribution in [3.05, 3.63) is 106 Å². The standard InChI is InChI=1S/C27H23F6N7O3/c28-18(14-40-15-21(37-38-40)25(42)35-13-16-5-6-22(34-12-16)27(31,32)33)7-9-39-10-8-20(24(30)26(39)43)36-23(41)11-17-3-1-2-4-19(17)29/h1-6,8,10,12,15,18H,7,9,11,13-14H2,(H,35,42)(H,36,41). The monoisotopic (exact) mass is 607 g/mol. The van der Waals surface area contributed by atoms with Gasteiger partial charge in [-0.3, -0.25) is 19.4 Å². The highest BCUT2D eigenvalue weighted by Gasteiger charge is 2.32. The van der Waals surface area contributed by atoms with Crippen LogP contribution < -0.4 is 16.2 Å². The van der Waals surface area contributed by atoms with Crippen molar-refractivity contribution in [1.29, 1.82) is 0 Å². The number of nitrogens with one attached hydrogen (secondary N) is 2. The van der Waals surface area contributed by atoms with Crippen molar-refractivity contribution in [2.45, 2.75) is 44.8 Å². The fraction of sp³-hybridized carbons (Fsp3) is 0.259. The van der Waals surface area contributed by atoms with E-state index in [9.17, 15) is 40.7 Å². The lowest BCUT2D eigenvalue weighted by Gasteiger charge is -2.12. The Balaban J connectivity index is 1.26. The number of amides is 2. The first-order chi connectivity index (χ1) is 20.4. The van der Waals surface area contributed by atoms with Gasteiger partial charge in [-0.1, -0.05) is 29.5 Å². The number of rotatable bonds is 11. The van der Waals surface area contributed by atoms with Gasteiger partial charge in [0.1, 0.15) is 17.7 Å². The Labute approximate surface area is 239 Å². The third-order valence-electron chi connectivity index (χ3n) is 6.10. The molecule has 1 unspecified atom stereocenters. The van der Waals surface area contributed by atoms with Crippen molar-refractivity contribution in [2.24, 2.45) is 0 Å². The first-order valence-corrected chi connectivity index (χ1v) is 12.7. The van der Waals surface area contributed by atoms with Crippen LogP contribution in [-0.4, -0.2) is 42.5 Å². The maximum absolute atomic E-state index is 14.6. The molecule has 0 aliphatic rings. The van der Waals surface area contributed by atoms with Gasteiger partial charge in [0.05, 0.1) is 24.8 Å². The lowest BCUT2D eigenvalue weighted by atomic mass is 10.1. The lowest BCUT2D eigenvalue weighted by Crippen LogP contribution is -2.27. The van der Waals surface area contributed by atoms with Gasteiger partial charge in [-0.2, -0.15) is 17.6 Å². The summed E-state index contributed by atoms with van der Waals surface area (Å²) < 4.78 is 82.8. The summed E-state index contributed by atoms with van der Waals surface area (Å²) in [5.74, 6) is -3.31. The topological polar surface area (TPSA) is 124 Å². The van der Waals surface area contributed by atoms with Gasteiger partial charge in [-0.05, 0) is 35.7 Å². The van der Waals surface area contributed by atoms with E-state index in [1.165, 1.54) is 24.4 Å². The first kappa shape index (κ1) is 30.9. The summed E-state index contributed by atoms with van der Waals surface area (Å²) in [6.07, 6.45) is -3.45. The summed E-state index contributed by atoms with van der Waals surface area (Å²) in [4.78, 5) is 40.2. The zero-order valence-electron chi connectivity index (χ0n) is 22.1. The van der Waals surface area contributed by atoms with E-state index in [1.807, 2.05) is 0 Å².